The van der Waals surface area contributed by atoms with Crippen molar-refractivity contribution in [3.8, 4) is 18.2 Å². The molecular weight excluding hydrogens is 262 g/mol. The molecule has 0 aromatic carbocycles. The van der Waals surface area contributed by atoms with Crippen molar-refractivity contribution in [2.45, 2.75) is 26.2 Å². The van der Waals surface area contributed by atoms with Crippen LogP contribution >= 0.6 is 11.6 Å². The predicted octanol–water partition coefficient (Wildman–Crippen LogP) is 2.83. The van der Waals surface area contributed by atoms with E-state index in [0.29, 0.717) is 21.9 Å². The van der Waals surface area contributed by atoms with Crippen molar-refractivity contribution in [1.82, 2.24) is 9.38 Å². The van der Waals surface area contributed by atoms with E-state index in [-0.39, 0.29) is 16.8 Å². The first-order valence-electron chi connectivity index (χ1n) is 5.53. The van der Waals surface area contributed by atoms with E-state index in [4.69, 9.17) is 22.1 Å². The number of nitriles is 3. The van der Waals surface area contributed by atoms with E-state index in [9.17, 15) is 5.26 Å². The number of H-pyrrole nitrogens is 1. The SMILES string of the molecule is CC(C)(C)c1c(C#N)c2[nH]c(C#N)c(C#N)n2c1Cl. The Labute approximate surface area is 115 Å². The zero-order valence-corrected chi connectivity index (χ0v) is 11.4. The van der Waals surface area contributed by atoms with Crippen LogP contribution in [0.4, 0.5) is 0 Å². The van der Waals surface area contributed by atoms with E-state index in [1.165, 1.54) is 4.40 Å². The highest BCUT2D eigenvalue weighted by molar-refractivity contribution is 6.31. The molecule has 0 amide bonds. The minimum absolute atomic E-state index is 0.108. The predicted molar refractivity (Wildman–Crippen MR) is 69.6 cm³/mol. The summed E-state index contributed by atoms with van der Waals surface area (Å²) in [6.07, 6.45) is 0. The first kappa shape index (κ1) is 13.0. The monoisotopic (exact) mass is 271 g/mol. The van der Waals surface area contributed by atoms with Gasteiger partial charge in [-0.3, -0.25) is 4.40 Å². The van der Waals surface area contributed by atoms with Crippen LogP contribution in [0.15, 0.2) is 0 Å². The number of nitrogens with one attached hydrogen (secondary N) is 1. The Balaban J connectivity index is 3.05. The van der Waals surface area contributed by atoms with Crippen molar-refractivity contribution in [2.24, 2.45) is 0 Å². The maximum Gasteiger partial charge on any atom is 0.161 e. The lowest BCUT2D eigenvalue weighted by Gasteiger charge is -2.18. The van der Waals surface area contributed by atoms with Gasteiger partial charge in [-0.1, -0.05) is 32.4 Å². The second kappa shape index (κ2) is 4.05. The maximum absolute atomic E-state index is 9.33. The second-order valence-corrected chi connectivity index (χ2v) is 5.52. The van der Waals surface area contributed by atoms with Gasteiger partial charge in [0.2, 0.25) is 0 Å². The van der Waals surface area contributed by atoms with Crippen molar-refractivity contribution < 1.29 is 0 Å². The number of fused-ring (bicyclic) bond motifs is 1. The van der Waals surface area contributed by atoms with Crippen molar-refractivity contribution in [1.29, 1.82) is 15.8 Å². The van der Waals surface area contributed by atoms with Gasteiger partial charge in [0.1, 0.15) is 34.6 Å². The molecule has 0 bridgehead atoms. The number of hydrogen-bond acceptors (Lipinski definition) is 3. The highest BCUT2D eigenvalue weighted by atomic mass is 35.5. The molecule has 2 rings (SSSR count). The number of rotatable bonds is 0. The highest BCUT2D eigenvalue weighted by Gasteiger charge is 2.30. The fourth-order valence-electron chi connectivity index (χ4n) is 2.14. The summed E-state index contributed by atoms with van der Waals surface area (Å²) < 4.78 is 1.43. The average Bonchev–Trinajstić information content (AvgIpc) is 2.83. The molecule has 94 valence electrons. The molecule has 2 heterocycles. The number of hydrogen-bond donors (Lipinski definition) is 1. The normalized spacial score (nSPS) is 11.0. The largest absolute Gasteiger partial charge is 0.329 e. The first-order valence-corrected chi connectivity index (χ1v) is 5.91. The van der Waals surface area contributed by atoms with E-state index >= 15 is 0 Å². The number of aromatic amines is 1. The van der Waals surface area contributed by atoms with Gasteiger partial charge in [0.05, 0.1) is 0 Å². The number of imidazole rings is 1. The molecule has 0 aliphatic carbocycles. The highest BCUT2D eigenvalue weighted by Crippen LogP contribution is 2.37. The van der Waals surface area contributed by atoms with Crippen LogP contribution in [0.2, 0.25) is 5.15 Å². The molecule has 0 radical (unpaired) electrons. The standard InChI is InChI=1S/C13H10ClN5/c1-13(2,3)10-7(4-15)12-18-8(5-16)9(6-17)19(12)11(10)14/h18H,1-3H3. The van der Waals surface area contributed by atoms with Crippen LogP contribution in [0.1, 0.15) is 43.3 Å². The van der Waals surface area contributed by atoms with Crippen LogP contribution in [-0.4, -0.2) is 9.38 Å². The molecule has 0 atom stereocenters. The number of nitrogens with zero attached hydrogens (tertiary/aromatic N) is 4. The van der Waals surface area contributed by atoms with Crippen molar-refractivity contribution >= 4 is 17.2 Å². The van der Waals surface area contributed by atoms with Gasteiger partial charge in [-0.05, 0) is 5.41 Å². The lowest BCUT2D eigenvalue weighted by molar-refractivity contribution is 0.589. The second-order valence-electron chi connectivity index (χ2n) is 5.16. The van der Waals surface area contributed by atoms with E-state index in [1.54, 1.807) is 0 Å². The van der Waals surface area contributed by atoms with Crippen molar-refractivity contribution in [3.63, 3.8) is 0 Å². The third-order valence-corrected chi connectivity index (χ3v) is 3.25. The fourth-order valence-corrected chi connectivity index (χ4v) is 2.69. The minimum atomic E-state index is -0.339. The average molecular weight is 272 g/mol. The van der Waals surface area contributed by atoms with Crippen LogP contribution in [0.5, 0.6) is 0 Å². The Kier molecular flexibility index (Phi) is 2.78. The zero-order valence-electron chi connectivity index (χ0n) is 10.7. The van der Waals surface area contributed by atoms with Gasteiger partial charge in [-0.25, -0.2) is 0 Å². The number of halogens is 1. The van der Waals surface area contributed by atoms with E-state index < -0.39 is 0 Å². The summed E-state index contributed by atoms with van der Waals surface area (Å²) >= 11 is 6.31. The van der Waals surface area contributed by atoms with E-state index in [1.807, 2.05) is 32.9 Å². The molecule has 0 aliphatic heterocycles. The fraction of sp³-hybridized carbons (Fsp3) is 0.308. The van der Waals surface area contributed by atoms with Gasteiger partial charge in [0.25, 0.3) is 0 Å². The molecule has 0 fully saturated rings. The summed E-state index contributed by atoms with van der Waals surface area (Å²) in [7, 11) is 0. The smallest absolute Gasteiger partial charge is 0.161 e. The van der Waals surface area contributed by atoms with Gasteiger partial charge in [0, 0.05) is 5.56 Å². The van der Waals surface area contributed by atoms with Gasteiger partial charge < -0.3 is 4.98 Å². The maximum atomic E-state index is 9.33. The summed E-state index contributed by atoms with van der Waals surface area (Å²) in [5.74, 6) is 0. The molecule has 0 spiro atoms. The molecule has 6 heteroatoms. The van der Waals surface area contributed by atoms with Crippen LogP contribution in [0.25, 0.3) is 5.65 Å². The lowest BCUT2D eigenvalue weighted by Crippen LogP contribution is -2.12. The van der Waals surface area contributed by atoms with Crippen LogP contribution in [0, 0.1) is 34.0 Å². The van der Waals surface area contributed by atoms with Crippen LogP contribution in [0.3, 0.4) is 0 Å². The van der Waals surface area contributed by atoms with Crippen molar-refractivity contribution in [3.05, 3.63) is 27.7 Å². The molecule has 5 nitrogen and oxygen atoms in total. The molecule has 0 saturated heterocycles. The van der Waals surface area contributed by atoms with Crippen molar-refractivity contribution in [2.75, 3.05) is 0 Å². The van der Waals surface area contributed by atoms with E-state index in [0.717, 1.165) is 0 Å². The molecule has 0 aliphatic rings. The molecule has 1 N–H and O–H groups in total. The molecule has 2 aromatic heterocycles. The third-order valence-electron chi connectivity index (χ3n) is 2.90. The Morgan fingerprint density at radius 3 is 2.16 bits per heavy atom. The molecule has 0 saturated carbocycles. The minimum Gasteiger partial charge on any atom is -0.329 e. The topological polar surface area (TPSA) is 91.6 Å². The molecule has 19 heavy (non-hydrogen) atoms. The quantitative estimate of drug-likeness (QED) is 0.798. The summed E-state index contributed by atoms with van der Waals surface area (Å²) in [4.78, 5) is 2.79. The summed E-state index contributed by atoms with van der Waals surface area (Å²) in [6, 6.07) is 5.93. The Morgan fingerprint density at radius 2 is 1.74 bits per heavy atom. The summed E-state index contributed by atoms with van der Waals surface area (Å²) in [6.45, 7) is 5.81. The van der Waals surface area contributed by atoms with Gasteiger partial charge in [-0.15, -0.1) is 0 Å². The lowest BCUT2D eigenvalue weighted by atomic mass is 9.86. The Hall–Kier alpha value is -2.42. The van der Waals surface area contributed by atoms with E-state index in [2.05, 4.69) is 11.1 Å². The Morgan fingerprint density at radius 1 is 1.11 bits per heavy atom. The van der Waals surface area contributed by atoms with Gasteiger partial charge >= 0.3 is 0 Å². The summed E-state index contributed by atoms with van der Waals surface area (Å²) in [5.41, 5.74) is 1.32. The van der Waals surface area contributed by atoms with Gasteiger partial charge in [-0.2, -0.15) is 15.8 Å². The molecule has 0 unspecified atom stereocenters. The zero-order chi connectivity index (χ0) is 14.4. The summed E-state index contributed by atoms with van der Waals surface area (Å²) in [5, 5.41) is 27.8. The third kappa shape index (κ3) is 1.66. The van der Waals surface area contributed by atoms with Crippen LogP contribution < -0.4 is 0 Å². The first-order chi connectivity index (χ1) is 8.86. The molecular formula is C13H10ClN5. The Bertz CT molecular complexity index is 796. The molecule has 2 aromatic rings. The number of aromatic nitrogens is 2. The van der Waals surface area contributed by atoms with Crippen LogP contribution in [-0.2, 0) is 5.41 Å². The van der Waals surface area contributed by atoms with Gasteiger partial charge in [0.15, 0.2) is 11.4 Å².